The van der Waals surface area contributed by atoms with Crippen LogP contribution < -0.4 is 4.72 Å². The van der Waals surface area contributed by atoms with E-state index in [9.17, 15) is 13.5 Å². The molecule has 2 fully saturated rings. The van der Waals surface area contributed by atoms with Crippen LogP contribution in [0.3, 0.4) is 0 Å². The summed E-state index contributed by atoms with van der Waals surface area (Å²) in [5.41, 5.74) is 3.80. The molecule has 1 saturated heterocycles. The Morgan fingerprint density at radius 2 is 1.58 bits per heavy atom. The number of nitrogens with zero attached hydrogens (tertiary/aromatic N) is 2. The fourth-order valence-electron chi connectivity index (χ4n) is 6.78. The van der Waals surface area contributed by atoms with E-state index in [2.05, 4.69) is 34.1 Å². The minimum atomic E-state index is -3.67. The predicted molar refractivity (Wildman–Crippen MR) is 153 cm³/mol. The third kappa shape index (κ3) is 5.57. The monoisotopic (exact) mass is 537 g/mol. The molecule has 206 valence electrons. The highest BCUT2D eigenvalue weighted by molar-refractivity contribution is 7.89. The number of rotatable bonds is 8. The molecule has 2 heterocycles. The van der Waals surface area contributed by atoms with Gasteiger partial charge in [0.2, 0.25) is 10.0 Å². The first kappa shape index (κ1) is 27.4. The smallest absolute Gasteiger partial charge is 0.240 e. The summed E-state index contributed by atoms with van der Waals surface area (Å²) in [6.07, 6.45) is 7.36. The van der Waals surface area contributed by atoms with Crippen molar-refractivity contribution in [3.05, 3.63) is 65.4 Å². The topological polar surface area (TPSA) is 74.6 Å². The van der Waals surface area contributed by atoms with Crippen molar-refractivity contribution in [1.82, 2.24) is 14.2 Å². The van der Waals surface area contributed by atoms with Crippen LogP contribution in [0.4, 0.5) is 0 Å². The zero-order valence-electron chi connectivity index (χ0n) is 23.1. The van der Waals surface area contributed by atoms with Crippen molar-refractivity contribution in [1.29, 1.82) is 0 Å². The highest BCUT2D eigenvalue weighted by Gasteiger charge is 2.32. The van der Waals surface area contributed by atoms with E-state index in [-0.39, 0.29) is 24.1 Å². The second-order valence-electron chi connectivity index (χ2n) is 11.7. The molecule has 0 radical (unpaired) electrons. The van der Waals surface area contributed by atoms with Crippen LogP contribution in [0.5, 0.6) is 0 Å². The molecule has 38 heavy (non-hydrogen) atoms. The fraction of sp³-hybridized carbons (Fsp3) is 0.548. The Labute approximate surface area is 228 Å². The molecule has 0 spiro atoms. The third-order valence-electron chi connectivity index (χ3n) is 9.11. The molecule has 0 amide bonds. The molecular formula is C31H43N3O3S. The maximum absolute atomic E-state index is 13.1. The zero-order valence-corrected chi connectivity index (χ0v) is 23.9. The van der Waals surface area contributed by atoms with E-state index in [1.54, 1.807) is 12.1 Å². The lowest BCUT2D eigenvalue weighted by molar-refractivity contribution is 0.0888. The highest BCUT2D eigenvalue weighted by Crippen LogP contribution is 2.37. The van der Waals surface area contributed by atoms with Crippen LogP contribution in [0.25, 0.3) is 10.9 Å². The summed E-state index contributed by atoms with van der Waals surface area (Å²) in [5.74, 6) is 1.66. The van der Waals surface area contributed by atoms with E-state index in [0.29, 0.717) is 6.04 Å². The standard InChI is InChI=1S/C31H43N3O3S/c1-22(2)24-10-12-25(13-11-24)33-18-16-26(17-19-33)34-30-7-5-4-6-28(30)29(21-35)31(34)20-32-38(36,37)27-14-8-23(3)9-15-27/h4-9,14-15,22,24-26,32,35H,10-13,16-21H2,1-3H3/t24-,25+. The quantitative estimate of drug-likeness (QED) is 0.382. The van der Waals surface area contributed by atoms with Gasteiger partial charge in [-0.25, -0.2) is 13.1 Å². The van der Waals surface area contributed by atoms with Crippen LogP contribution in [0.1, 0.15) is 75.2 Å². The molecule has 2 aliphatic rings. The second-order valence-corrected chi connectivity index (χ2v) is 13.5. The number of fused-ring (bicyclic) bond motifs is 1. The number of para-hydroxylation sites is 1. The lowest BCUT2D eigenvalue weighted by atomic mass is 9.79. The van der Waals surface area contributed by atoms with Crippen molar-refractivity contribution < 1.29 is 13.5 Å². The van der Waals surface area contributed by atoms with Gasteiger partial charge in [-0.05, 0) is 75.5 Å². The number of benzene rings is 2. The average Bonchev–Trinajstić information content (AvgIpc) is 3.25. The summed E-state index contributed by atoms with van der Waals surface area (Å²) in [4.78, 5) is 2.96. The molecule has 3 aromatic rings. The Balaban J connectivity index is 1.36. The summed E-state index contributed by atoms with van der Waals surface area (Å²) in [5, 5.41) is 11.4. The number of piperidine rings is 1. The van der Waals surface area contributed by atoms with Crippen molar-refractivity contribution >= 4 is 20.9 Å². The van der Waals surface area contributed by atoms with Gasteiger partial charge >= 0.3 is 0 Å². The summed E-state index contributed by atoms with van der Waals surface area (Å²) in [6, 6.07) is 16.0. The lowest BCUT2D eigenvalue weighted by Gasteiger charge is -2.42. The Hall–Kier alpha value is -2.19. The van der Waals surface area contributed by atoms with Gasteiger partial charge in [-0.1, -0.05) is 49.7 Å². The molecule has 1 aromatic heterocycles. The molecule has 1 saturated carbocycles. The zero-order chi connectivity index (χ0) is 26.9. The van der Waals surface area contributed by atoms with Crippen molar-refractivity contribution in [2.75, 3.05) is 13.1 Å². The van der Waals surface area contributed by atoms with Gasteiger partial charge in [0.05, 0.1) is 18.0 Å². The third-order valence-corrected chi connectivity index (χ3v) is 10.5. The van der Waals surface area contributed by atoms with Gasteiger partial charge in [-0.15, -0.1) is 0 Å². The number of nitrogens with one attached hydrogen (secondary N) is 1. The van der Waals surface area contributed by atoms with E-state index < -0.39 is 10.0 Å². The van der Waals surface area contributed by atoms with Crippen molar-refractivity contribution in [3.8, 4) is 0 Å². The van der Waals surface area contributed by atoms with Crippen LogP contribution in [0.2, 0.25) is 0 Å². The van der Waals surface area contributed by atoms with Gasteiger partial charge in [0.25, 0.3) is 0 Å². The van der Waals surface area contributed by atoms with Crippen molar-refractivity contribution in [3.63, 3.8) is 0 Å². The van der Waals surface area contributed by atoms with Crippen LogP contribution in [-0.4, -0.2) is 42.1 Å². The number of aliphatic hydroxyl groups is 1. The summed E-state index contributed by atoms with van der Waals surface area (Å²) < 4.78 is 31.4. The molecule has 2 N–H and O–H groups in total. The molecule has 5 rings (SSSR count). The Morgan fingerprint density at radius 1 is 0.921 bits per heavy atom. The molecular weight excluding hydrogens is 494 g/mol. The summed E-state index contributed by atoms with van der Waals surface area (Å²) >= 11 is 0. The van der Waals surface area contributed by atoms with Gasteiger partial charge in [-0.2, -0.15) is 0 Å². The number of likely N-dealkylation sites (tertiary alicyclic amines) is 1. The Kier molecular flexibility index (Phi) is 8.29. The first-order chi connectivity index (χ1) is 18.3. The molecule has 0 bridgehead atoms. The van der Waals surface area contributed by atoms with Crippen molar-refractivity contribution in [2.45, 2.75) is 89.4 Å². The minimum Gasteiger partial charge on any atom is -0.392 e. The number of hydrogen-bond donors (Lipinski definition) is 2. The van der Waals surface area contributed by atoms with Crippen LogP contribution >= 0.6 is 0 Å². The average molecular weight is 538 g/mol. The van der Waals surface area contributed by atoms with E-state index >= 15 is 0 Å². The molecule has 0 unspecified atom stereocenters. The number of sulfonamides is 1. The fourth-order valence-corrected chi connectivity index (χ4v) is 7.77. The first-order valence-corrected chi connectivity index (χ1v) is 15.8. The number of hydrogen-bond acceptors (Lipinski definition) is 4. The van der Waals surface area contributed by atoms with Gasteiger partial charge in [0.15, 0.2) is 0 Å². The van der Waals surface area contributed by atoms with Gasteiger partial charge < -0.3 is 14.6 Å². The first-order valence-electron chi connectivity index (χ1n) is 14.3. The maximum atomic E-state index is 13.1. The van der Waals surface area contributed by atoms with Crippen LogP contribution in [-0.2, 0) is 23.2 Å². The SMILES string of the molecule is Cc1ccc(S(=O)(=O)NCc2c(CO)c3ccccc3n2C2CCN([C@H]3CC[C@@H](C(C)C)CC3)CC2)cc1. The predicted octanol–water partition coefficient (Wildman–Crippen LogP) is 5.77. The van der Waals surface area contributed by atoms with Gasteiger partial charge in [0.1, 0.15) is 0 Å². The normalized spacial score (nSPS) is 21.9. The number of aromatic nitrogens is 1. The van der Waals surface area contributed by atoms with E-state index in [0.717, 1.165) is 65.5 Å². The number of aliphatic hydroxyl groups excluding tert-OH is 1. The molecule has 0 atom stereocenters. The summed E-state index contributed by atoms with van der Waals surface area (Å²) in [7, 11) is -3.67. The molecule has 2 aromatic carbocycles. The maximum Gasteiger partial charge on any atom is 0.240 e. The molecule has 1 aliphatic carbocycles. The van der Waals surface area contributed by atoms with Crippen LogP contribution in [0, 0.1) is 18.8 Å². The largest absolute Gasteiger partial charge is 0.392 e. The van der Waals surface area contributed by atoms with Crippen LogP contribution in [0.15, 0.2) is 53.4 Å². The molecule has 1 aliphatic heterocycles. The van der Waals surface area contributed by atoms with Gasteiger partial charge in [-0.3, -0.25) is 0 Å². The van der Waals surface area contributed by atoms with E-state index in [1.165, 1.54) is 25.7 Å². The minimum absolute atomic E-state index is 0.118. The molecule has 6 nitrogen and oxygen atoms in total. The van der Waals surface area contributed by atoms with Crippen molar-refractivity contribution in [2.24, 2.45) is 11.8 Å². The van der Waals surface area contributed by atoms with Gasteiger partial charge in [0, 0.05) is 47.3 Å². The Morgan fingerprint density at radius 3 is 2.21 bits per heavy atom. The van der Waals surface area contributed by atoms with E-state index in [4.69, 9.17) is 0 Å². The second kappa shape index (κ2) is 11.5. The lowest BCUT2D eigenvalue weighted by Crippen LogP contribution is -2.44. The number of aryl methyl sites for hydroxylation is 1. The molecule has 7 heteroatoms. The Bertz CT molecular complexity index is 1330. The van der Waals surface area contributed by atoms with E-state index in [1.807, 2.05) is 37.3 Å². The summed E-state index contributed by atoms with van der Waals surface area (Å²) in [6.45, 7) is 8.83. The highest BCUT2D eigenvalue weighted by atomic mass is 32.2.